The standard InChI is InChI=1S/C17H12BrClN2O4/c18-11-5-6-14(24-9-16(22)23)12(8-11)17-20-15(21-25-17)7-10-3-1-2-4-13(10)19/h1-6,8H,7,9H2,(H,22,23). The molecule has 0 radical (unpaired) electrons. The van der Waals surface area contributed by atoms with Gasteiger partial charge in [0, 0.05) is 15.9 Å². The molecular formula is C17H12BrClN2O4. The average Bonchev–Trinajstić information content (AvgIpc) is 3.04. The molecule has 0 saturated heterocycles. The zero-order chi connectivity index (χ0) is 17.8. The van der Waals surface area contributed by atoms with Gasteiger partial charge in [0.15, 0.2) is 12.4 Å². The Morgan fingerprint density at radius 3 is 2.84 bits per heavy atom. The van der Waals surface area contributed by atoms with E-state index in [4.69, 9.17) is 26.0 Å². The summed E-state index contributed by atoms with van der Waals surface area (Å²) in [5, 5.41) is 13.4. The molecule has 3 rings (SSSR count). The van der Waals surface area contributed by atoms with Crippen LogP contribution in [0.3, 0.4) is 0 Å². The van der Waals surface area contributed by atoms with E-state index >= 15 is 0 Å². The van der Waals surface area contributed by atoms with Gasteiger partial charge in [0.25, 0.3) is 5.89 Å². The third-order valence-electron chi connectivity index (χ3n) is 3.30. The van der Waals surface area contributed by atoms with Gasteiger partial charge in [-0.3, -0.25) is 0 Å². The van der Waals surface area contributed by atoms with Gasteiger partial charge >= 0.3 is 5.97 Å². The first-order chi connectivity index (χ1) is 12.0. The summed E-state index contributed by atoms with van der Waals surface area (Å²) in [5.41, 5.74) is 1.39. The molecule has 0 unspecified atom stereocenters. The molecule has 25 heavy (non-hydrogen) atoms. The number of hydrogen-bond acceptors (Lipinski definition) is 5. The fraction of sp³-hybridized carbons (Fsp3) is 0.118. The fourth-order valence-electron chi connectivity index (χ4n) is 2.18. The first kappa shape index (κ1) is 17.4. The van der Waals surface area contributed by atoms with Crippen LogP contribution in [0.25, 0.3) is 11.5 Å². The van der Waals surface area contributed by atoms with Gasteiger partial charge in [0.2, 0.25) is 0 Å². The van der Waals surface area contributed by atoms with Crippen LogP contribution in [0.15, 0.2) is 51.5 Å². The van der Waals surface area contributed by atoms with E-state index in [1.807, 2.05) is 18.2 Å². The Balaban J connectivity index is 1.88. The minimum atomic E-state index is -1.07. The second-order valence-electron chi connectivity index (χ2n) is 5.11. The van der Waals surface area contributed by atoms with Crippen molar-refractivity contribution in [2.75, 3.05) is 6.61 Å². The summed E-state index contributed by atoms with van der Waals surface area (Å²) in [6.45, 7) is -0.463. The predicted molar refractivity (Wildman–Crippen MR) is 94.8 cm³/mol. The summed E-state index contributed by atoms with van der Waals surface area (Å²) in [4.78, 5) is 15.1. The van der Waals surface area contributed by atoms with Crippen LogP contribution in [0.5, 0.6) is 5.75 Å². The number of hydrogen-bond donors (Lipinski definition) is 1. The van der Waals surface area contributed by atoms with Crippen LogP contribution < -0.4 is 4.74 Å². The summed E-state index contributed by atoms with van der Waals surface area (Å²) >= 11 is 9.51. The maximum atomic E-state index is 10.7. The number of ether oxygens (including phenoxy) is 1. The molecular weight excluding hydrogens is 412 g/mol. The molecule has 0 bridgehead atoms. The lowest BCUT2D eigenvalue weighted by molar-refractivity contribution is -0.139. The largest absolute Gasteiger partial charge is 0.481 e. The van der Waals surface area contributed by atoms with Crippen LogP contribution in [0.4, 0.5) is 0 Å². The number of aromatic nitrogens is 2. The molecule has 0 amide bonds. The summed E-state index contributed by atoms with van der Waals surface area (Å²) in [6, 6.07) is 12.5. The van der Waals surface area contributed by atoms with E-state index in [2.05, 4.69) is 26.1 Å². The van der Waals surface area contributed by atoms with Crippen molar-refractivity contribution < 1.29 is 19.2 Å². The van der Waals surface area contributed by atoms with Gasteiger partial charge in [-0.25, -0.2) is 4.79 Å². The predicted octanol–water partition coefficient (Wildman–Crippen LogP) is 4.21. The molecule has 1 N–H and O–H groups in total. The van der Waals surface area contributed by atoms with Crippen LogP contribution in [-0.4, -0.2) is 27.8 Å². The lowest BCUT2D eigenvalue weighted by Gasteiger charge is -2.07. The molecule has 0 aliphatic rings. The van der Waals surface area contributed by atoms with Crippen molar-refractivity contribution in [2.45, 2.75) is 6.42 Å². The summed E-state index contributed by atoms with van der Waals surface area (Å²) in [6.07, 6.45) is 0.419. The molecule has 0 fully saturated rings. The summed E-state index contributed by atoms with van der Waals surface area (Å²) < 4.78 is 11.4. The normalized spacial score (nSPS) is 10.6. The molecule has 2 aromatic carbocycles. The van der Waals surface area contributed by atoms with E-state index in [0.717, 1.165) is 10.0 Å². The van der Waals surface area contributed by atoms with Crippen LogP contribution in [0.2, 0.25) is 5.02 Å². The van der Waals surface area contributed by atoms with Crippen molar-refractivity contribution in [3.8, 4) is 17.2 Å². The summed E-state index contributed by atoms with van der Waals surface area (Å²) in [5.74, 6) is -0.0200. The monoisotopic (exact) mass is 422 g/mol. The lowest BCUT2D eigenvalue weighted by atomic mass is 10.1. The molecule has 6 nitrogen and oxygen atoms in total. The van der Waals surface area contributed by atoms with Gasteiger partial charge < -0.3 is 14.4 Å². The van der Waals surface area contributed by atoms with E-state index in [1.54, 1.807) is 24.3 Å². The van der Waals surface area contributed by atoms with Gasteiger partial charge in [-0.2, -0.15) is 4.98 Å². The van der Waals surface area contributed by atoms with E-state index < -0.39 is 12.6 Å². The molecule has 0 atom stereocenters. The second kappa shape index (κ2) is 7.67. The molecule has 0 aliphatic heterocycles. The fourth-order valence-corrected chi connectivity index (χ4v) is 2.75. The van der Waals surface area contributed by atoms with Gasteiger partial charge in [0.05, 0.1) is 5.56 Å². The Morgan fingerprint density at radius 2 is 2.08 bits per heavy atom. The van der Waals surface area contributed by atoms with Crippen LogP contribution in [0, 0.1) is 0 Å². The van der Waals surface area contributed by atoms with Gasteiger partial charge in [-0.05, 0) is 29.8 Å². The minimum Gasteiger partial charge on any atom is -0.481 e. The van der Waals surface area contributed by atoms with Crippen molar-refractivity contribution in [3.05, 3.63) is 63.3 Å². The first-order valence-electron chi connectivity index (χ1n) is 7.23. The highest BCUT2D eigenvalue weighted by Gasteiger charge is 2.16. The lowest BCUT2D eigenvalue weighted by Crippen LogP contribution is -2.10. The Bertz CT molecular complexity index is 913. The van der Waals surface area contributed by atoms with Crippen LogP contribution in [0.1, 0.15) is 11.4 Å². The van der Waals surface area contributed by atoms with Crippen LogP contribution >= 0.6 is 27.5 Å². The number of rotatable bonds is 6. The smallest absolute Gasteiger partial charge is 0.341 e. The molecule has 0 aliphatic carbocycles. The third kappa shape index (κ3) is 4.37. The third-order valence-corrected chi connectivity index (χ3v) is 4.16. The molecule has 128 valence electrons. The highest BCUT2D eigenvalue weighted by molar-refractivity contribution is 9.10. The van der Waals surface area contributed by atoms with E-state index in [-0.39, 0.29) is 5.89 Å². The highest BCUT2D eigenvalue weighted by atomic mass is 79.9. The molecule has 0 saturated carbocycles. The zero-order valence-electron chi connectivity index (χ0n) is 12.8. The molecule has 1 heterocycles. The first-order valence-corrected chi connectivity index (χ1v) is 8.40. The van der Waals surface area contributed by atoms with Gasteiger partial charge in [-0.1, -0.05) is 50.9 Å². The molecule has 3 aromatic rings. The highest BCUT2D eigenvalue weighted by Crippen LogP contribution is 2.32. The van der Waals surface area contributed by atoms with Gasteiger partial charge in [0.1, 0.15) is 5.75 Å². The number of carboxylic acid groups (broad SMARTS) is 1. The number of halogens is 2. The van der Waals surface area contributed by atoms with Gasteiger partial charge in [-0.15, -0.1) is 0 Å². The number of carboxylic acids is 1. The number of carbonyl (C=O) groups is 1. The number of nitrogens with zero attached hydrogens (tertiary/aromatic N) is 2. The number of benzene rings is 2. The molecule has 1 aromatic heterocycles. The van der Waals surface area contributed by atoms with E-state index in [1.165, 1.54) is 0 Å². The summed E-state index contributed by atoms with van der Waals surface area (Å²) in [7, 11) is 0. The van der Waals surface area contributed by atoms with Crippen molar-refractivity contribution >= 4 is 33.5 Å². The zero-order valence-corrected chi connectivity index (χ0v) is 15.1. The van der Waals surface area contributed by atoms with Crippen molar-refractivity contribution in [3.63, 3.8) is 0 Å². The van der Waals surface area contributed by atoms with Crippen molar-refractivity contribution in [1.82, 2.24) is 10.1 Å². The van der Waals surface area contributed by atoms with E-state index in [9.17, 15) is 4.79 Å². The quantitative estimate of drug-likeness (QED) is 0.639. The Labute approximate surface area is 156 Å². The topological polar surface area (TPSA) is 85.5 Å². The minimum absolute atomic E-state index is 0.240. The maximum Gasteiger partial charge on any atom is 0.341 e. The Morgan fingerprint density at radius 1 is 1.28 bits per heavy atom. The molecule has 0 spiro atoms. The van der Waals surface area contributed by atoms with Crippen molar-refractivity contribution in [1.29, 1.82) is 0 Å². The average molecular weight is 424 g/mol. The maximum absolute atomic E-state index is 10.7. The second-order valence-corrected chi connectivity index (χ2v) is 6.43. The number of aliphatic carboxylic acids is 1. The molecule has 8 heteroatoms. The van der Waals surface area contributed by atoms with Crippen LogP contribution in [-0.2, 0) is 11.2 Å². The van der Waals surface area contributed by atoms with E-state index in [0.29, 0.717) is 28.6 Å². The Hall–Kier alpha value is -2.38. The van der Waals surface area contributed by atoms with Crippen molar-refractivity contribution in [2.24, 2.45) is 0 Å². The Kier molecular flexibility index (Phi) is 5.35. The SMILES string of the molecule is O=C(O)COc1ccc(Br)cc1-c1nc(Cc2ccccc2Cl)no1.